The lowest BCUT2D eigenvalue weighted by atomic mass is 10.1. The Balaban J connectivity index is 3.05. The zero-order valence-electron chi connectivity index (χ0n) is 13.1. The van der Waals surface area contributed by atoms with Crippen LogP contribution in [0.15, 0.2) is 18.3 Å². The van der Waals surface area contributed by atoms with Crippen molar-refractivity contribution in [1.29, 1.82) is 0 Å². The molecule has 0 saturated carbocycles. The molecule has 0 amide bonds. The Kier molecular flexibility index (Phi) is 6.29. The molecule has 1 atom stereocenters. The highest BCUT2D eigenvalue weighted by molar-refractivity contribution is 5.43. The molecule has 2 N–H and O–H groups in total. The van der Waals surface area contributed by atoms with E-state index in [2.05, 4.69) is 43.6 Å². The molecule has 0 radical (unpaired) electrons. The summed E-state index contributed by atoms with van der Waals surface area (Å²) in [5.74, 6) is 1.69. The fourth-order valence-corrected chi connectivity index (χ4v) is 2.43. The average Bonchev–Trinajstić information content (AvgIpc) is 2.38. The zero-order chi connectivity index (χ0) is 14.4. The van der Waals surface area contributed by atoms with Crippen LogP contribution in [0.5, 0.6) is 0 Å². The number of nitrogens with zero attached hydrogens (tertiary/aromatic N) is 2. The predicted octanol–water partition coefficient (Wildman–Crippen LogP) is 3.75. The monoisotopic (exact) mass is 263 g/mol. The lowest BCUT2D eigenvalue weighted by Crippen LogP contribution is -2.38. The number of nitrogens with two attached hydrogens (primary N) is 1. The minimum Gasteiger partial charge on any atom is -0.353 e. The molecule has 19 heavy (non-hydrogen) atoms. The maximum absolute atomic E-state index is 5.98. The fourth-order valence-electron chi connectivity index (χ4n) is 2.43. The van der Waals surface area contributed by atoms with Crippen molar-refractivity contribution in [1.82, 2.24) is 4.98 Å². The first-order valence-corrected chi connectivity index (χ1v) is 7.47. The Morgan fingerprint density at radius 3 is 2.32 bits per heavy atom. The van der Waals surface area contributed by atoms with E-state index in [4.69, 9.17) is 5.73 Å². The number of hydrogen-bond donors (Lipinski definition) is 1. The number of rotatable bonds is 7. The van der Waals surface area contributed by atoms with Gasteiger partial charge in [-0.05, 0) is 43.4 Å². The minimum atomic E-state index is 0.0596. The molecule has 0 fully saturated rings. The third-order valence-corrected chi connectivity index (χ3v) is 3.53. The van der Waals surface area contributed by atoms with Crippen LogP contribution in [0.25, 0.3) is 0 Å². The summed E-state index contributed by atoms with van der Waals surface area (Å²) in [6, 6.07) is 4.77. The van der Waals surface area contributed by atoms with E-state index in [0.29, 0.717) is 12.0 Å². The van der Waals surface area contributed by atoms with Gasteiger partial charge in [0.1, 0.15) is 5.82 Å². The van der Waals surface area contributed by atoms with Gasteiger partial charge >= 0.3 is 0 Å². The molecule has 0 aliphatic carbocycles. The van der Waals surface area contributed by atoms with Gasteiger partial charge in [0.05, 0.1) is 0 Å². The number of aromatic nitrogens is 1. The molecule has 1 rings (SSSR count). The molecule has 3 nitrogen and oxygen atoms in total. The molecule has 3 heteroatoms. The highest BCUT2D eigenvalue weighted by atomic mass is 15.2. The lowest BCUT2D eigenvalue weighted by molar-refractivity contribution is 0.503. The third-order valence-electron chi connectivity index (χ3n) is 3.53. The molecule has 0 aliphatic heterocycles. The summed E-state index contributed by atoms with van der Waals surface area (Å²) in [4.78, 5) is 7.00. The summed E-state index contributed by atoms with van der Waals surface area (Å²) in [7, 11) is 0. The first kappa shape index (κ1) is 16.0. The molecule has 0 unspecified atom stereocenters. The molecule has 0 bridgehead atoms. The summed E-state index contributed by atoms with van der Waals surface area (Å²) in [5.41, 5.74) is 7.14. The molecule has 0 saturated heterocycles. The van der Waals surface area contributed by atoms with Gasteiger partial charge < -0.3 is 10.6 Å². The maximum Gasteiger partial charge on any atom is 0.129 e. The van der Waals surface area contributed by atoms with Gasteiger partial charge in [-0.3, -0.25) is 0 Å². The molecular formula is C16H29N3. The van der Waals surface area contributed by atoms with Gasteiger partial charge in [0.2, 0.25) is 0 Å². The molecule has 0 aliphatic rings. The molecule has 0 spiro atoms. The zero-order valence-corrected chi connectivity index (χ0v) is 13.1. The Bertz CT molecular complexity index is 370. The quantitative estimate of drug-likeness (QED) is 0.814. The van der Waals surface area contributed by atoms with Crippen LogP contribution >= 0.6 is 0 Å². The van der Waals surface area contributed by atoms with E-state index >= 15 is 0 Å². The first-order chi connectivity index (χ1) is 8.99. The Labute approximate surface area is 118 Å². The summed E-state index contributed by atoms with van der Waals surface area (Å²) < 4.78 is 0. The van der Waals surface area contributed by atoms with Crippen molar-refractivity contribution in [3.63, 3.8) is 0 Å². The van der Waals surface area contributed by atoms with E-state index in [1.165, 1.54) is 0 Å². The van der Waals surface area contributed by atoms with Gasteiger partial charge in [-0.2, -0.15) is 0 Å². The van der Waals surface area contributed by atoms with Crippen LogP contribution < -0.4 is 10.6 Å². The SMILES string of the molecule is CCC(CC)N(CC(C)C)c1cc([C@H](C)N)ccn1. The van der Waals surface area contributed by atoms with E-state index in [1.54, 1.807) is 0 Å². The molecule has 1 aromatic heterocycles. The van der Waals surface area contributed by atoms with Crippen LogP contribution in [-0.4, -0.2) is 17.6 Å². The molecule has 0 aromatic carbocycles. The van der Waals surface area contributed by atoms with E-state index in [0.717, 1.165) is 30.8 Å². The topological polar surface area (TPSA) is 42.1 Å². The van der Waals surface area contributed by atoms with Crippen LogP contribution in [0.3, 0.4) is 0 Å². The molecule has 1 aromatic rings. The van der Waals surface area contributed by atoms with Crippen molar-refractivity contribution in [2.24, 2.45) is 11.7 Å². The van der Waals surface area contributed by atoms with Crippen LogP contribution in [0.2, 0.25) is 0 Å². The van der Waals surface area contributed by atoms with Crippen molar-refractivity contribution < 1.29 is 0 Å². The van der Waals surface area contributed by atoms with E-state index in [-0.39, 0.29) is 6.04 Å². The van der Waals surface area contributed by atoms with E-state index in [9.17, 15) is 0 Å². The fraction of sp³-hybridized carbons (Fsp3) is 0.688. The van der Waals surface area contributed by atoms with Crippen LogP contribution in [-0.2, 0) is 0 Å². The molecule has 1 heterocycles. The standard InChI is InChI=1S/C16H29N3/c1-6-15(7-2)19(11-12(3)4)16-10-14(13(5)17)8-9-18-16/h8-10,12-13,15H,6-7,11,17H2,1-5H3/t13-/m0/s1. The average molecular weight is 263 g/mol. The number of pyridine rings is 1. The van der Waals surface area contributed by atoms with Crippen molar-refractivity contribution in [2.45, 2.75) is 59.5 Å². The predicted molar refractivity (Wildman–Crippen MR) is 83.4 cm³/mol. The van der Waals surface area contributed by atoms with Gasteiger partial charge in [0, 0.05) is 24.8 Å². The highest BCUT2D eigenvalue weighted by Gasteiger charge is 2.18. The van der Waals surface area contributed by atoms with Gasteiger partial charge in [-0.15, -0.1) is 0 Å². The summed E-state index contributed by atoms with van der Waals surface area (Å²) in [6.07, 6.45) is 4.17. The smallest absolute Gasteiger partial charge is 0.129 e. The first-order valence-electron chi connectivity index (χ1n) is 7.47. The second kappa shape index (κ2) is 7.49. The second-order valence-corrected chi connectivity index (χ2v) is 5.75. The van der Waals surface area contributed by atoms with Crippen molar-refractivity contribution in [3.05, 3.63) is 23.9 Å². The Morgan fingerprint density at radius 2 is 1.84 bits per heavy atom. The number of anilines is 1. The Morgan fingerprint density at radius 1 is 1.21 bits per heavy atom. The van der Waals surface area contributed by atoms with Crippen molar-refractivity contribution >= 4 is 5.82 Å². The van der Waals surface area contributed by atoms with Gasteiger partial charge in [0.15, 0.2) is 0 Å². The maximum atomic E-state index is 5.98. The second-order valence-electron chi connectivity index (χ2n) is 5.75. The van der Waals surface area contributed by atoms with E-state index < -0.39 is 0 Å². The van der Waals surface area contributed by atoms with Crippen LogP contribution in [0, 0.1) is 5.92 Å². The largest absolute Gasteiger partial charge is 0.353 e. The van der Waals surface area contributed by atoms with Gasteiger partial charge in [-0.1, -0.05) is 27.7 Å². The van der Waals surface area contributed by atoms with E-state index in [1.807, 2.05) is 19.2 Å². The Hall–Kier alpha value is -1.09. The van der Waals surface area contributed by atoms with Crippen molar-refractivity contribution in [3.8, 4) is 0 Å². The van der Waals surface area contributed by atoms with Gasteiger partial charge in [-0.25, -0.2) is 4.98 Å². The summed E-state index contributed by atoms with van der Waals surface area (Å²) in [5, 5.41) is 0. The normalized spacial score (nSPS) is 13.1. The highest BCUT2D eigenvalue weighted by Crippen LogP contribution is 2.22. The van der Waals surface area contributed by atoms with Crippen LogP contribution in [0.4, 0.5) is 5.82 Å². The summed E-state index contributed by atoms with van der Waals surface area (Å²) >= 11 is 0. The molecule has 108 valence electrons. The minimum absolute atomic E-state index is 0.0596. The summed E-state index contributed by atoms with van der Waals surface area (Å²) in [6.45, 7) is 12.1. The lowest BCUT2D eigenvalue weighted by Gasteiger charge is -2.33. The van der Waals surface area contributed by atoms with Crippen LogP contribution in [0.1, 0.15) is 59.1 Å². The van der Waals surface area contributed by atoms with Gasteiger partial charge in [0.25, 0.3) is 0 Å². The van der Waals surface area contributed by atoms with Crippen molar-refractivity contribution in [2.75, 3.05) is 11.4 Å². The number of hydrogen-bond acceptors (Lipinski definition) is 3. The molecular weight excluding hydrogens is 234 g/mol. The third kappa shape index (κ3) is 4.50.